The maximum Gasteiger partial charge on any atom is 0.416 e. The highest BCUT2D eigenvalue weighted by molar-refractivity contribution is 5.72. The van der Waals surface area contributed by atoms with Gasteiger partial charge in [0.1, 0.15) is 0 Å². The Labute approximate surface area is 132 Å². The summed E-state index contributed by atoms with van der Waals surface area (Å²) in [6.45, 7) is 1.96. The molecule has 0 amide bonds. The molecule has 2 aromatic carbocycles. The Morgan fingerprint density at radius 1 is 0.826 bits per heavy atom. The minimum absolute atomic E-state index is 0.656. The highest BCUT2D eigenvalue weighted by Crippen LogP contribution is 2.32. The number of alkyl halides is 3. The zero-order valence-corrected chi connectivity index (χ0v) is 12.4. The molecule has 0 fully saturated rings. The van der Waals surface area contributed by atoms with Crippen LogP contribution in [0.25, 0.3) is 22.4 Å². The van der Waals surface area contributed by atoms with Gasteiger partial charge in [-0.05, 0) is 41.8 Å². The molecule has 4 heteroatoms. The van der Waals surface area contributed by atoms with Crippen LogP contribution in [0.5, 0.6) is 0 Å². The Hall–Kier alpha value is -2.62. The lowest BCUT2D eigenvalue weighted by atomic mass is 9.99. The number of pyridine rings is 1. The van der Waals surface area contributed by atoms with Crippen LogP contribution in [0.2, 0.25) is 0 Å². The molecular formula is C19H14F3N. The molecule has 0 aliphatic rings. The first kappa shape index (κ1) is 15.3. The fourth-order valence-corrected chi connectivity index (χ4v) is 2.44. The molecule has 1 nitrogen and oxygen atoms in total. The van der Waals surface area contributed by atoms with Gasteiger partial charge in [-0.3, -0.25) is 4.98 Å². The van der Waals surface area contributed by atoms with Gasteiger partial charge in [0, 0.05) is 11.8 Å². The largest absolute Gasteiger partial charge is 0.416 e. The first-order chi connectivity index (χ1) is 10.9. The quantitative estimate of drug-likeness (QED) is 0.587. The molecule has 0 aliphatic carbocycles. The molecule has 0 saturated heterocycles. The lowest BCUT2D eigenvalue weighted by molar-refractivity contribution is -0.137. The van der Waals surface area contributed by atoms with E-state index < -0.39 is 11.7 Å². The summed E-state index contributed by atoms with van der Waals surface area (Å²) in [4.78, 5) is 4.35. The smallest absolute Gasteiger partial charge is 0.256 e. The maximum atomic E-state index is 12.6. The molecule has 0 radical (unpaired) electrons. The molecule has 0 bridgehead atoms. The maximum absolute atomic E-state index is 12.6. The summed E-state index contributed by atoms with van der Waals surface area (Å²) in [5.74, 6) is 0. The monoisotopic (exact) mass is 313 g/mol. The first-order valence-corrected chi connectivity index (χ1v) is 7.15. The average Bonchev–Trinajstić information content (AvgIpc) is 2.55. The number of hydrogen-bond acceptors (Lipinski definition) is 1. The minimum Gasteiger partial charge on any atom is -0.256 e. The predicted octanol–water partition coefficient (Wildman–Crippen LogP) is 5.74. The zero-order chi connectivity index (χ0) is 16.4. The minimum atomic E-state index is -4.32. The average molecular weight is 313 g/mol. The van der Waals surface area contributed by atoms with E-state index in [0.29, 0.717) is 11.3 Å². The second kappa shape index (κ2) is 5.88. The predicted molar refractivity (Wildman–Crippen MR) is 84.8 cm³/mol. The zero-order valence-electron chi connectivity index (χ0n) is 12.4. The summed E-state index contributed by atoms with van der Waals surface area (Å²) in [5.41, 5.74) is 3.76. The van der Waals surface area contributed by atoms with Gasteiger partial charge in [-0.2, -0.15) is 13.2 Å². The van der Waals surface area contributed by atoms with Gasteiger partial charge in [0.05, 0.1) is 11.3 Å². The molecule has 0 N–H and O–H groups in total. The molecule has 3 aromatic rings. The van der Waals surface area contributed by atoms with E-state index >= 15 is 0 Å². The Balaban J connectivity index is 2.01. The van der Waals surface area contributed by atoms with Crippen LogP contribution in [0, 0.1) is 6.92 Å². The summed E-state index contributed by atoms with van der Waals surface area (Å²) in [5, 5.41) is 0. The van der Waals surface area contributed by atoms with Crippen molar-refractivity contribution in [2.75, 3.05) is 0 Å². The van der Waals surface area contributed by atoms with Crippen molar-refractivity contribution < 1.29 is 13.2 Å². The highest BCUT2D eigenvalue weighted by atomic mass is 19.4. The van der Waals surface area contributed by atoms with Gasteiger partial charge in [-0.1, -0.05) is 42.5 Å². The number of halogens is 3. The van der Waals surface area contributed by atoms with E-state index in [2.05, 4.69) is 4.98 Å². The summed E-state index contributed by atoms with van der Waals surface area (Å²) < 4.78 is 37.9. The van der Waals surface area contributed by atoms with Gasteiger partial charge in [0.25, 0.3) is 0 Å². The van der Waals surface area contributed by atoms with Crippen LogP contribution >= 0.6 is 0 Å². The van der Waals surface area contributed by atoms with Crippen molar-refractivity contribution in [1.82, 2.24) is 4.98 Å². The molecule has 0 atom stereocenters. The Morgan fingerprint density at radius 3 is 2.09 bits per heavy atom. The van der Waals surface area contributed by atoms with Crippen molar-refractivity contribution in [2.24, 2.45) is 0 Å². The van der Waals surface area contributed by atoms with Gasteiger partial charge in [0.2, 0.25) is 0 Å². The van der Waals surface area contributed by atoms with Gasteiger partial charge in [0.15, 0.2) is 0 Å². The molecule has 116 valence electrons. The van der Waals surface area contributed by atoms with Crippen molar-refractivity contribution in [1.29, 1.82) is 0 Å². The van der Waals surface area contributed by atoms with Crippen LogP contribution in [0.4, 0.5) is 13.2 Å². The molecule has 1 aromatic heterocycles. The fraction of sp³-hybridized carbons (Fsp3) is 0.105. The Morgan fingerprint density at radius 2 is 1.48 bits per heavy atom. The number of aryl methyl sites for hydroxylation is 1. The molecule has 0 aliphatic heterocycles. The highest BCUT2D eigenvalue weighted by Gasteiger charge is 2.30. The number of benzene rings is 2. The van der Waals surface area contributed by atoms with E-state index in [1.807, 2.05) is 43.3 Å². The third kappa shape index (κ3) is 3.26. The van der Waals surface area contributed by atoms with Gasteiger partial charge in [-0.25, -0.2) is 0 Å². The van der Waals surface area contributed by atoms with Crippen molar-refractivity contribution in [2.45, 2.75) is 13.1 Å². The lowest BCUT2D eigenvalue weighted by Gasteiger charge is -2.10. The number of nitrogens with zero attached hydrogens (tertiary/aromatic N) is 1. The lowest BCUT2D eigenvalue weighted by Crippen LogP contribution is -2.04. The van der Waals surface area contributed by atoms with E-state index in [1.165, 1.54) is 12.1 Å². The second-order valence-corrected chi connectivity index (χ2v) is 5.33. The third-order valence-corrected chi connectivity index (χ3v) is 3.70. The molecule has 1 heterocycles. The summed E-state index contributed by atoms with van der Waals surface area (Å²) in [7, 11) is 0. The molecule has 0 spiro atoms. The van der Waals surface area contributed by atoms with E-state index in [4.69, 9.17) is 0 Å². The van der Waals surface area contributed by atoms with Crippen LogP contribution in [0.15, 0.2) is 66.9 Å². The van der Waals surface area contributed by atoms with Crippen LogP contribution in [0.1, 0.15) is 11.1 Å². The van der Waals surface area contributed by atoms with Crippen LogP contribution in [0.3, 0.4) is 0 Å². The molecule has 0 saturated carbocycles. The Bertz CT molecular complexity index is 806. The third-order valence-electron chi connectivity index (χ3n) is 3.70. The van der Waals surface area contributed by atoms with Crippen LogP contribution < -0.4 is 0 Å². The summed E-state index contributed by atoms with van der Waals surface area (Å²) in [6, 6.07) is 16.8. The number of rotatable bonds is 2. The number of hydrogen-bond donors (Lipinski definition) is 0. The van der Waals surface area contributed by atoms with E-state index in [0.717, 1.165) is 28.8 Å². The van der Waals surface area contributed by atoms with Crippen LogP contribution in [-0.4, -0.2) is 4.98 Å². The number of aromatic nitrogens is 1. The topological polar surface area (TPSA) is 12.9 Å². The van der Waals surface area contributed by atoms with Gasteiger partial charge >= 0.3 is 6.18 Å². The van der Waals surface area contributed by atoms with E-state index in [9.17, 15) is 13.2 Å². The summed E-state index contributed by atoms with van der Waals surface area (Å²) in [6.07, 6.45) is -2.58. The van der Waals surface area contributed by atoms with Crippen LogP contribution in [-0.2, 0) is 6.18 Å². The standard InChI is InChI=1S/C19H14F3N/c1-13-12-23-18(11-17(13)14-5-3-2-4-6-14)15-7-9-16(10-8-15)19(20,21)22/h2-12H,1H3. The second-order valence-electron chi connectivity index (χ2n) is 5.33. The van der Waals surface area contributed by atoms with Crippen molar-refractivity contribution in [3.63, 3.8) is 0 Å². The van der Waals surface area contributed by atoms with E-state index in [-0.39, 0.29) is 0 Å². The molecule has 3 rings (SSSR count). The first-order valence-electron chi connectivity index (χ1n) is 7.15. The van der Waals surface area contributed by atoms with Crippen molar-refractivity contribution in [3.05, 3.63) is 78.0 Å². The Kier molecular flexibility index (Phi) is 3.90. The van der Waals surface area contributed by atoms with Gasteiger partial charge < -0.3 is 0 Å². The van der Waals surface area contributed by atoms with Crippen molar-refractivity contribution >= 4 is 0 Å². The molecule has 0 unspecified atom stereocenters. The normalized spacial score (nSPS) is 11.5. The fourth-order valence-electron chi connectivity index (χ4n) is 2.44. The van der Waals surface area contributed by atoms with Gasteiger partial charge in [-0.15, -0.1) is 0 Å². The molecule has 23 heavy (non-hydrogen) atoms. The summed E-state index contributed by atoms with van der Waals surface area (Å²) >= 11 is 0. The molecular weight excluding hydrogens is 299 g/mol. The van der Waals surface area contributed by atoms with E-state index in [1.54, 1.807) is 6.20 Å². The SMILES string of the molecule is Cc1cnc(-c2ccc(C(F)(F)F)cc2)cc1-c1ccccc1. The van der Waals surface area contributed by atoms with Crippen molar-refractivity contribution in [3.8, 4) is 22.4 Å².